The maximum Gasteiger partial charge on any atom is 0.156 e. The fraction of sp³-hybridized carbons (Fsp3) is 0.909. The minimum absolute atomic E-state index is 0.162. The van der Waals surface area contributed by atoms with E-state index < -0.39 is 0 Å². The molecule has 1 rings (SSSR count). The first kappa shape index (κ1) is 12.8. The Morgan fingerprint density at radius 3 is 2.73 bits per heavy atom. The quantitative estimate of drug-likeness (QED) is 0.803. The van der Waals surface area contributed by atoms with E-state index in [0.717, 1.165) is 10.9 Å². The highest BCUT2D eigenvalue weighted by molar-refractivity contribution is 8.14. The smallest absolute Gasteiger partial charge is 0.156 e. The van der Waals surface area contributed by atoms with Crippen LogP contribution < -0.4 is 5.32 Å². The third kappa shape index (κ3) is 4.03. The summed E-state index contributed by atoms with van der Waals surface area (Å²) in [7, 11) is 1.73. The van der Waals surface area contributed by atoms with E-state index in [4.69, 9.17) is 4.74 Å². The van der Waals surface area contributed by atoms with Gasteiger partial charge in [-0.1, -0.05) is 25.6 Å². The first-order chi connectivity index (χ1) is 6.94. The van der Waals surface area contributed by atoms with Crippen LogP contribution in [-0.2, 0) is 4.74 Å². The summed E-state index contributed by atoms with van der Waals surface area (Å²) in [5.74, 6) is 1.80. The molecule has 15 heavy (non-hydrogen) atoms. The summed E-state index contributed by atoms with van der Waals surface area (Å²) in [6.45, 7) is 9.29. The van der Waals surface area contributed by atoms with Gasteiger partial charge >= 0.3 is 0 Å². The molecule has 0 aliphatic carbocycles. The van der Waals surface area contributed by atoms with Crippen molar-refractivity contribution in [3.05, 3.63) is 0 Å². The minimum atomic E-state index is -0.162. The lowest BCUT2D eigenvalue weighted by atomic mass is 10.1. The molecular formula is C11H22N2OS. The fourth-order valence-electron chi connectivity index (χ4n) is 1.19. The fourth-order valence-corrected chi connectivity index (χ4v) is 2.38. The van der Waals surface area contributed by atoms with Gasteiger partial charge in [0.2, 0.25) is 0 Å². The van der Waals surface area contributed by atoms with Crippen LogP contribution in [0, 0.1) is 5.92 Å². The number of thioether (sulfide) groups is 1. The summed E-state index contributed by atoms with van der Waals surface area (Å²) in [4.78, 5) is 4.54. The Kier molecular flexibility index (Phi) is 4.46. The predicted octanol–water partition coefficient (Wildman–Crippen LogP) is 2.13. The molecular weight excluding hydrogens is 208 g/mol. The van der Waals surface area contributed by atoms with Crippen molar-refractivity contribution in [1.82, 2.24) is 5.32 Å². The van der Waals surface area contributed by atoms with Crippen LogP contribution in [0.4, 0.5) is 0 Å². The van der Waals surface area contributed by atoms with E-state index in [2.05, 4.69) is 38.0 Å². The zero-order chi connectivity index (χ0) is 11.5. The number of aliphatic imine (C=N–C) groups is 1. The van der Waals surface area contributed by atoms with Gasteiger partial charge in [0, 0.05) is 18.9 Å². The highest BCUT2D eigenvalue weighted by atomic mass is 32.2. The third-order valence-corrected chi connectivity index (χ3v) is 3.72. The number of ether oxygens (including phenoxy) is 1. The van der Waals surface area contributed by atoms with Crippen molar-refractivity contribution in [3.8, 4) is 0 Å². The number of amidine groups is 1. The molecule has 0 saturated carbocycles. The van der Waals surface area contributed by atoms with Crippen molar-refractivity contribution >= 4 is 16.9 Å². The lowest BCUT2D eigenvalue weighted by Crippen LogP contribution is -2.33. The molecule has 4 heteroatoms. The number of hydrogen-bond donors (Lipinski definition) is 1. The molecule has 0 radical (unpaired) electrons. The summed E-state index contributed by atoms with van der Waals surface area (Å²) >= 11 is 1.81. The van der Waals surface area contributed by atoms with Crippen molar-refractivity contribution in [3.63, 3.8) is 0 Å². The highest BCUT2D eigenvalue weighted by Gasteiger charge is 2.24. The largest absolute Gasteiger partial charge is 0.377 e. The van der Waals surface area contributed by atoms with E-state index in [0.29, 0.717) is 18.5 Å². The standard InChI is InChI=1S/C11H22N2OS/c1-8(2)9-6-15-10(13-9)12-7-11(3,4)14-5/h8-9H,6-7H2,1-5H3,(H,12,13). The highest BCUT2D eigenvalue weighted by Crippen LogP contribution is 2.19. The molecule has 1 atom stereocenters. The summed E-state index contributed by atoms with van der Waals surface area (Å²) < 4.78 is 5.33. The maximum atomic E-state index is 5.33. The van der Waals surface area contributed by atoms with E-state index in [-0.39, 0.29) is 5.60 Å². The van der Waals surface area contributed by atoms with E-state index in [1.165, 1.54) is 0 Å². The third-order valence-electron chi connectivity index (χ3n) is 2.67. The van der Waals surface area contributed by atoms with Crippen molar-refractivity contribution in [2.45, 2.75) is 39.3 Å². The molecule has 1 aliphatic heterocycles. The van der Waals surface area contributed by atoms with Crippen LogP contribution in [0.15, 0.2) is 4.99 Å². The van der Waals surface area contributed by atoms with Crippen LogP contribution in [0.5, 0.6) is 0 Å². The van der Waals surface area contributed by atoms with E-state index in [9.17, 15) is 0 Å². The van der Waals surface area contributed by atoms with Gasteiger partial charge in [-0.3, -0.25) is 4.99 Å². The second kappa shape index (κ2) is 5.21. The van der Waals surface area contributed by atoms with Crippen LogP contribution in [-0.4, -0.2) is 36.2 Å². The molecule has 0 spiro atoms. The second-order valence-corrected chi connectivity index (χ2v) is 5.90. The minimum Gasteiger partial charge on any atom is -0.377 e. The number of hydrogen-bond acceptors (Lipinski definition) is 3. The van der Waals surface area contributed by atoms with Crippen molar-refractivity contribution in [2.24, 2.45) is 10.9 Å². The Morgan fingerprint density at radius 2 is 2.27 bits per heavy atom. The van der Waals surface area contributed by atoms with Gasteiger partial charge in [-0.25, -0.2) is 0 Å². The number of methoxy groups -OCH3 is 1. The SMILES string of the molecule is COC(C)(C)CN=C1NC(C(C)C)CS1. The maximum absolute atomic E-state index is 5.33. The molecule has 88 valence electrons. The number of rotatable bonds is 4. The summed E-state index contributed by atoms with van der Waals surface area (Å²) in [5, 5.41) is 4.51. The monoisotopic (exact) mass is 230 g/mol. The number of nitrogens with zero attached hydrogens (tertiary/aromatic N) is 1. The van der Waals surface area contributed by atoms with Gasteiger partial charge in [-0.05, 0) is 19.8 Å². The Hall–Kier alpha value is -0.220. The van der Waals surface area contributed by atoms with Gasteiger partial charge in [0.25, 0.3) is 0 Å². The van der Waals surface area contributed by atoms with Crippen molar-refractivity contribution in [2.75, 3.05) is 19.4 Å². The molecule has 0 bridgehead atoms. The van der Waals surface area contributed by atoms with Gasteiger partial charge in [0.05, 0.1) is 12.1 Å². The van der Waals surface area contributed by atoms with Crippen LogP contribution in [0.25, 0.3) is 0 Å². The first-order valence-electron chi connectivity index (χ1n) is 5.43. The normalized spacial score (nSPS) is 24.9. The van der Waals surface area contributed by atoms with Crippen LogP contribution in [0.2, 0.25) is 0 Å². The van der Waals surface area contributed by atoms with Crippen molar-refractivity contribution < 1.29 is 4.74 Å². The Labute approximate surface area is 97.1 Å². The summed E-state index contributed by atoms with van der Waals surface area (Å²) in [6.07, 6.45) is 0. The molecule has 3 nitrogen and oxygen atoms in total. The predicted molar refractivity (Wildman–Crippen MR) is 67.6 cm³/mol. The van der Waals surface area contributed by atoms with Crippen LogP contribution >= 0.6 is 11.8 Å². The summed E-state index contributed by atoms with van der Waals surface area (Å²) in [5.41, 5.74) is -0.162. The molecule has 0 aromatic rings. The van der Waals surface area contributed by atoms with Crippen molar-refractivity contribution in [1.29, 1.82) is 0 Å². The number of nitrogens with one attached hydrogen (secondary N) is 1. The van der Waals surface area contributed by atoms with Gasteiger partial charge < -0.3 is 10.1 Å². The van der Waals surface area contributed by atoms with Crippen LogP contribution in [0.1, 0.15) is 27.7 Å². The van der Waals surface area contributed by atoms with Gasteiger partial charge in [-0.2, -0.15) is 0 Å². The molecule has 1 saturated heterocycles. The lowest BCUT2D eigenvalue weighted by molar-refractivity contribution is 0.0312. The Bertz CT molecular complexity index is 239. The zero-order valence-electron chi connectivity index (χ0n) is 10.3. The Balaban J connectivity index is 2.43. The van der Waals surface area contributed by atoms with Gasteiger partial charge in [0.1, 0.15) is 0 Å². The average molecular weight is 230 g/mol. The van der Waals surface area contributed by atoms with E-state index in [1.54, 1.807) is 7.11 Å². The first-order valence-corrected chi connectivity index (χ1v) is 6.42. The molecule has 1 fully saturated rings. The topological polar surface area (TPSA) is 33.6 Å². The van der Waals surface area contributed by atoms with E-state index in [1.807, 2.05) is 11.8 Å². The molecule has 1 aliphatic rings. The molecule has 0 amide bonds. The molecule has 1 unspecified atom stereocenters. The summed E-state index contributed by atoms with van der Waals surface area (Å²) in [6, 6.07) is 0.569. The zero-order valence-corrected chi connectivity index (χ0v) is 11.1. The second-order valence-electron chi connectivity index (χ2n) is 4.89. The molecule has 0 aromatic carbocycles. The molecule has 0 aromatic heterocycles. The average Bonchev–Trinajstić information content (AvgIpc) is 2.63. The van der Waals surface area contributed by atoms with Gasteiger partial charge in [0.15, 0.2) is 5.17 Å². The van der Waals surface area contributed by atoms with E-state index >= 15 is 0 Å². The molecule has 1 N–H and O–H groups in total. The molecule has 1 heterocycles. The van der Waals surface area contributed by atoms with Gasteiger partial charge in [-0.15, -0.1) is 0 Å². The lowest BCUT2D eigenvalue weighted by Gasteiger charge is -2.20. The van der Waals surface area contributed by atoms with Crippen LogP contribution in [0.3, 0.4) is 0 Å². The Morgan fingerprint density at radius 1 is 1.60 bits per heavy atom.